The van der Waals surface area contributed by atoms with E-state index in [-0.39, 0.29) is 12.4 Å². The highest BCUT2D eigenvalue weighted by Gasteiger charge is 2.32. The van der Waals surface area contributed by atoms with Crippen LogP contribution in [0.1, 0.15) is 41.8 Å². The smallest absolute Gasteiger partial charge is 0.349 e. The molecule has 0 spiro atoms. The number of carbonyl (C=O) groups excluding carboxylic acids is 2. The number of allylic oxidation sites excluding steroid dienone is 2. The molecule has 0 saturated carbocycles. The van der Waals surface area contributed by atoms with Gasteiger partial charge in [-0.25, -0.2) is 4.79 Å². The second-order valence-electron chi connectivity index (χ2n) is 10.9. The number of nitrogens with one attached hydrogen (secondary N) is 1. The van der Waals surface area contributed by atoms with E-state index >= 15 is 0 Å². The largest absolute Gasteiger partial charge is 0.476 e. The lowest BCUT2D eigenvalue weighted by Gasteiger charge is -2.25. The number of carbonyl (C=O) groups is 2. The first kappa shape index (κ1) is 31.8. The summed E-state index contributed by atoms with van der Waals surface area (Å²) in [6.07, 6.45) is 7.75. The SMILES string of the molecule is CSc1ccc(C(=O)/C=C/Cc2ccc(OC(C)(C)C(=O)OCCCOCNC[Si](C)(C)C)c(C)c2)cc1. The van der Waals surface area contributed by atoms with Gasteiger partial charge in [0.2, 0.25) is 0 Å². The summed E-state index contributed by atoms with van der Waals surface area (Å²) in [6.45, 7) is 13.6. The number of thioether (sulfide) groups is 1. The Balaban J connectivity index is 1.78. The lowest BCUT2D eigenvalue weighted by Crippen LogP contribution is -2.40. The van der Waals surface area contributed by atoms with Crippen LogP contribution in [0.3, 0.4) is 0 Å². The molecule has 0 atom stereocenters. The first-order valence-electron chi connectivity index (χ1n) is 13.0. The summed E-state index contributed by atoms with van der Waals surface area (Å²) >= 11 is 1.65. The van der Waals surface area contributed by atoms with Gasteiger partial charge in [-0.1, -0.05) is 37.8 Å². The Morgan fingerprint density at radius 1 is 1.05 bits per heavy atom. The quantitative estimate of drug-likeness (QED) is 0.0499. The number of benzene rings is 2. The normalized spacial score (nSPS) is 12.1. The molecule has 0 saturated heterocycles. The molecule has 38 heavy (non-hydrogen) atoms. The summed E-state index contributed by atoms with van der Waals surface area (Å²) in [5, 5.41) is 3.30. The topological polar surface area (TPSA) is 73.9 Å². The Kier molecular flexibility index (Phi) is 12.8. The minimum atomic E-state index is -1.12. The van der Waals surface area contributed by atoms with Gasteiger partial charge in [-0.05, 0) is 87.2 Å². The molecule has 208 valence electrons. The van der Waals surface area contributed by atoms with Crippen molar-refractivity contribution < 1.29 is 23.8 Å². The third-order valence-electron chi connectivity index (χ3n) is 5.62. The van der Waals surface area contributed by atoms with Crippen LogP contribution < -0.4 is 10.1 Å². The maximum atomic E-state index is 12.6. The van der Waals surface area contributed by atoms with Crippen molar-refractivity contribution in [3.63, 3.8) is 0 Å². The van der Waals surface area contributed by atoms with Gasteiger partial charge in [0, 0.05) is 16.9 Å². The molecule has 6 nitrogen and oxygen atoms in total. The average Bonchev–Trinajstić information content (AvgIpc) is 2.86. The first-order chi connectivity index (χ1) is 17.9. The molecule has 0 unspecified atom stereocenters. The summed E-state index contributed by atoms with van der Waals surface area (Å²) < 4.78 is 17.0. The van der Waals surface area contributed by atoms with Gasteiger partial charge in [-0.2, -0.15) is 0 Å². The molecular weight excluding hydrogens is 514 g/mol. The van der Waals surface area contributed by atoms with Crippen LogP contribution in [0.25, 0.3) is 0 Å². The van der Waals surface area contributed by atoms with Gasteiger partial charge in [0.1, 0.15) is 5.75 Å². The van der Waals surface area contributed by atoms with Gasteiger partial charge in [0.05, 0.1) is 28.0 Å². The number of hydrogen-bond donors (Lipinski definition) is 1. The van der Waals surface area contributed by atoms with Crippen LogP contribution in [0.2, 0.25) is 19.6 Å². The molecule has 0 bridgehead atoms. The lowest BCUT2D eigenvalue weighted by molar-refractivity contribution is -0.159. The van der Waals surface area contributed by atoms with Crippen molar-refractivity contribution >= 4 is 31.6 Å². The molecular formula is C30H43NO5SSi. The summed E-state index contributed by atoms with van der Waals surface area (Å²) in [6, 6.07) is 13.4. The fourth-order valence-electron chi connectivity index (χ4n) is 3.49. The Bertz CT molecular complexity index is 1080. The molecule has 0 aliphatic rings. The number of esters is 1. The Hall–Kier alpha value is -2.39. The van der Waals surface area contributed by atoms with Crippen LogP contribution in [0.5, 0.6) is 5.75 Å². The molecule has 2 rings (SSSR count). The maximum absolute atomic E-state index is 12.6. The molecule has 8 heteroatoms. The van der Waals surface area contributed by atoms with Crippen molar-refractivity contribution in [2.24, 2.45) is 0 Å². The van der Waals surface area contributed by atoms with E-state index in [1.165, 1.54) is 0 Å². The Morgan fingerprint density at radius 2 is 1.76 bits per heavy atom. The molecule has 0 aliphatic heterocycles. The van der Waals surface area contributed by atoms with Crippen LogP contribution in [0.15, 0.2) is 59.5 Å². The predicted molar refractivity (Wildman–Crippen MR) is 159 cm³/mol. The summed E-state index contributed by atoms with van der Waals surface area (Å²) in [5.41, 5.74) is 1.52. The number of hydrogen-bond acceptors (Lipinski definition) is 7. The zero-order valence-corrected chi connectivity index (χ0v) is 25.7. The van der Waals surface area contributed by atoms with Crippen LogP contribution in [0, 0.1) is 6.92 Å². The Morgan fingerprint density at radius 3 is 2.39 bits per heavy atom. The molecule has 2 aromatic rings. The fourth-order valence-corrected chi connectivity index (χ4v) is 4.75. The van der Waals surface area contributed by atoms with E-state index in [4.69, 9.17) is 14.2 Å². The minimum Gasteiger partial charge on any atom is -0.476 e. The third kappa shape index (κ3) is 11.6. The molecule has 0 radical (unpaired) electrons. The van der Waals surface area contributed by atoms with Crippen LogP contribution in [0.4, 0.5) is 0 Å². The Labute approximate surface area is 233 Å². The van der Waals surface area contributed by atoms with Crippen LogP contribution in [-0.4, -0.2) is 57.8 Å². The lowest BCUT2D eigenvalue weighted by atomic mass is 10.1. The van der Waals surface area contributed by atoms with E-state index in [9.17, 15) is 9.59 Å². The van der Waals surface area contributed by atoms with Crippen molar-refractivity contribution in [3.8, 4) is 5.75 Å². The number of ether oxygens (including phenoxy) is 3. The van der Waals surface area contributed by atoms with Crippen molar-refractivity contribution in [3.05, 3.63) is 71.3 Å². The highest BCUT2D eigenvalue weighted by molar-refractivity contribution is 7.98. The maximum Gasteiger partial charge on any atom is 0.349 e. The summed E-state index contributed by atoms with van der Waals surface area (Å²) in [5.74, 6) is 0.200. The van der Waals surface area contributed by atoms with Crippen molar-refractivity contribution in [2.45, 2.75) is 63.8 Å². The predicted octanol–water partition coefficient (Wildman–Crippen LogP) is 6.23. The molecule has 1 N–H and O–H groups in total. The summed E-state index contributed by atoms with van der Waals surface area (Å²) in [4.78, 5) is 26.1. The molecule has 0 aliphatic carbocycles. The van der Waals surface area contributed by atoms with E-state index in [2.05, 4.69) is 25.0 Å². The van der Waals surface area contributed by atoms with E-state index < -0.39 is 19.6 Å². The van der Waals surface area contributed by atoms with Crippen LogP contribution >= 0.6 is 11.8 Å². The highest BCUT2D eigenvalue weighted by Crippen LogP contribution is 2.25. The van der Waals surface area contributed by atoms with E-state index in [0.717, 1.165) is 22.2 Å². The molecule has 0 amide bonds. The van der Waals surface area contributed by atoms with Gasteiger partial charge in [-0.3, -0.25) is 10.1 Å². The fraction of sp³-hybridized carbons (Fsp3) is 0.467. The van der Waals surface area contributed by atoms with E-state index in [1.807, 2.05) is 61.7 Å². The second kappa shape index (κ2) is 15.3. The molecule has 0 heterocycles. The van der Waals surface area contributed by atoms with Crippen molar-refractivity contribution in [1.29, 1.82) is 0 Å². The monoisotopic (exact) mass is 557 g/mol. The van der Waals surface area contributed by atoms with Crippen LogP contribution in [-0.2, 0) is 20.7 Å². The first-order valence-corrected chi connectivity index (χ1v) is 17.9. The van der Waals surface area contributed by atoms with E-state index in [1.54, 1.807) is 31.7 Å². The molecule has 2 aromatic carbocycles. The number of rotatable bonds is 16. The van der Waals surface area contributed by atoms with Gasteiger partial charge >= 0.3 is 5.97 Å². The van der Waals surface area contributed by atoms with E-state index in [0.29, 0.717) is 37.5 Å². The highest BCUT2D eigenvalue weighted by atomic mass is 32.2. The zero-order valence-electron chi connectivity index (χ0n) is 23.9. The van der Waals surface area contributed by atoms with Crippen molar-refractivity contribution in [1.82, 2.24) is 5.32 Å². The van der Waals surface area contributed by atoms with Crippen molar-refractivity contribution in [2.75, 3.05) is 32.4 Å². The number of ketones is 1. The second-order valence-corrected chi connectivity index (χ2v) is 17.3. The third-order valence-corrected chi connectivity index (χ3v) is 7.67. The summed E-state index contributed by atoms with van der Waals surface area (Å²) in [7, 11) is -1.12. The van der Waals surface area contributed by atoms with Gasteiger partial charge in [0.15, 0.2) is 11.4 Å². The number of aryl methyl sites for hydroxylation is 1. The minimum absolute atomic E-state index is 0.0140. The van der Waals surface area contributed by atoms with Gasteiger partial charge in [-0.15, -0.1) is 11.8 Å². The molecule has 0 fully saturated rings. The van der Waals surface area contributed by atoms with Gasteiger partial charge < -0.3 is 14.2 Å². The molecule has 0 aromatic heterocycles. The average molecular weight is 558 g/mol. The zero-order chi connectivity index (χ0) is 28.2. The standard InChI is InChI=1S/C30H43NO5SSi/c1-23-20-24(10-8-11-27(32)25-13-15-26(37-4)16-14-25)12-17-28(23)36-30(2,3)29(33)35-19-9-18-34-21-31-22-38(5,6)7/h8,11-17,20,31H,9-10,18-19,21-22H2,1-7H3/b11-8+. The van der Waals surface area contributed by atoms with Gasteiger partial charge in [0.25, 0.3) is 0 Å².